The van der Waals surface area contributed by atoms with E-state index in [4.69, 9.17) is 0 Å². The minimum Gasteiger partial charge on any atom is -0.319 e. The van der Waals surface area contributed by atoms with E-state index < -0.39 is 0 Å². The number of aryl methyl sites for hydroxylation is 2. The largest absolute Gasteiger partial charge is 0.319 e. The highest BCUT2D eigenvalue weighted by Gasteiger charge is 2.37. The molecule has 0 bridgehead atoms. The summed E-state index contributed by atoms with van der Waals surface area (Å²) in [5.41, 5.74) is 3.79. The number of nitrogens with zero attached hydrogens (tertiary/aromatic N) is 1. The summed E-state index contributed by atoms with van der Waals surface area (Å²) in [4.78, 5) is 14.4. The third-order valence-electron chi connectivity index (χ3n) is 4.32. The summed E-state index contributed by atoms with van der Waals surface area (Å²) in [7, 11) is 0. The number of thioether (sulfide) groups is 1. The standard InChI is InChI=1S/C16H22N2OS/c1-11-3-4-14(12(2)9-11)16-17-10-15(19)18(16)13-5-7-20-8-6-13/h3-4,9,13,16-17H,5-8,10H2,1-2H3. The van der Waals surface area contributed by atoms with E-state index >= 15 is 0 Å². The van der Waals surface area contributed by atoms with Gasteiger partial charge >= 0.3 is 0 Å². The molecule has 3 nitrogen and oxygen atoms in total. The van der Waals surface area contributed by atoms with E-state index in [2.05, 4.69) is 42.3 Å². The van der Waals surface area contributed by atoms with Gasteiger partial charge in [0, 0.05) is 6.04 Å². The predicted molar refractivity (Wildman–Crippen MR) is 83.9 cm³/mol. The van der Waals surface area contributed by atoms with Crippen molar-refractivity contribution < 1.29 is 4.79 Å². The van der Waals surface area contributed by atoms with Gasteiger partial charge in [-0.05, 0) is 49.3 Å². The lowest BCUT2D eigenvalue weighted by atomic mass is 10.0. The number of nitrogens with one attached hydrogen (secondary N) is 1. The minimum absolute atomic E-state index is 0.0659. The highest BCUT2D eigenvalue weighted by atomic mass is 32.2. The van der Waals surface area contributed by atoms with Gasteiger partial charge in [0.1, 0.15) is 6.17 Å². The molecule has 1 aromatic rings. The van der Waals surface area contributed by atoms with Gasteiger partial charge in [0.05, 0.1) is 6.54 Å². The number of rotatable bonds is 2. The molecule has 0 aromatic heterocycles. The molecule has 4 heteroatoms. The zero-order chi connectivity index (χ0) is 14.1. The molecule has 1 atom stereocenters. The Morgan fingerprint density at radius 2 is 2.00 bits per heavy atom. The Bertz CT molecular complexity index is 511. The van der Waals surface area contributed by atoms with Gasteiger partial charge < -0.3 is 4.90 Å². The molecular formula is C16H22N2OS. The molecule has 3 rings (SSSR count). The Kier molecular flexibility index (Phi) is 4.03. The first kappa shape index (κ1) is 14.0. The van der Waals surface area contributed by atoms with Crippen molar-refractivity contribution in [3.8, 4) is 0 Å². The molecular weight excluding hydrogens is 268 g/mol. The molecule has 1 amide bonds. The van der Waals surface area contributed by atoms with Gasteiger partial charge in [-0.1, -0.05) is 23.8 Å². The van der Waals surface area contributed by atoms with Crippen molar-refractivity contribution in [1.29, 1.82) is 0 Å². The third kappa shape index (κ3) is 2.59. The Hall–Kier alpha value is -1.00. The summed E-state index contributed by atoms with van der Waals surface area (Å²) < 4.78 is 0. The number of carbonyl (C=O) groups is 1. The van der Waals surface area contributed by atoms with Crippen LogP contribution in [0.15, 0.2) is 18.2 Å². The van der Waals surface area contributed by atoms with Crippen molar-refractivity contribution in [2.24, 2.45) is 0 Å². The maximum atomic E-state index is 12.3. The fourth-order valence-corrected chi connectivity index (χ4v) is 4.37. The van der Waals surface area contributed by atoms with Gasteiger partial charge in [-0.15, -0.1) is 0 Å². The second-order valence-electron chi connectivity index (χ2n) is 5.79. The SMILES string of the molecule is Cc1ccc(C2NCC(=O)N2C2CCSCC2)c(C)c1. The van der Waals surface area contributed by atoms with Crippen LogP contribution in [-0.2, 0) is 4.79 Å². The Labute approximate surface area is 125 Å². The maximum Gasteiger partial charge on any atom is 0.238 e. The van der Waals surface area contributed by atoms with Crippen LogP contribution in [0.4, 0.5) is 0 Å². The van der Waals surface area contributed by atoms with Crippen LogP contribution < -0.4 is 5.32 Å². The van der Waals surface area contributed by atoms with Crippen molar-refractivity contribution >= 4 is 17.7 Å². The van der Waals surface area contributed by atoms with Crippen LogP contribution in [-0.4, -0.2) is 34.9 Å². The maximum absolute atomic E-state index is 12.3. The first-order valence-corrected chi connectivity index (χ1v) is 8.52. The molecule has 1 aromatic carbocycles. The zero-order valence-electron chi connectivity index (χ0n) is 12.2. The van der Waals surface area contributed by atoms with Gasteiger partial charge in [0.2, 0.25) is 5.91 Å². The molecule has 0 spiro atoms. The first-order chi connectivity index (χ1) is 9.66. The molecule has 2 saturated heterocycles. The zero-order valence-corrected chi connectivity index (χ0v) is 13.0. The Balaban J connectivity index is 1.88. The second-order valence-corrected chi connectivity index (χ2v) is 7.01. The van der Waals surface area contributed by atoms with Crippen molar-refractivity contribution in [3.05, 3.63) is 34.9 Å². The third-order valence-corrected chi connectivity index (χ3v) is 5.37. The fourth-order valence-electron chi connectivity index (χ4n) is 3.29. The van der Waals surface area contributed by atoms with Gasteiger partial charge in [-0.2, -0.15) is 11.8 Å². The van der Waals surface area contributed by atoms with Crippen molar-refractivity contribution in [2.45, 2.75) is 38.9 Å². The Morgan fingerprint density at radius 1 is 1.25 bits per heavy atom. The normalized spacial score (nSPS) is 24.4. The second kappa shape index (κ2) is 5.78. The van der Waals surface area contributed by atoms with Crippen LogP contribution in [0.2, 0.25) is 0 Å². The number of benzene rings is 1. The Morgan fingerprint density at radius 3 is 2.70 bits per heavy atom. The summed E-state index contributed by atoms with van der Waals surface area (Å²) >= 11 is 2.00. The summed E-state index contributed by atoms with van der Waals surface area (Å²) in [6.07, 6.45) is 2.31. The van der Waals surface area contributed by atoms with Crippen LogP contribution in [0, 0.1) is 13.8 Å². The van der Waals surface area contributed by atoms with Gasteiger partial charge in [0.15, 0.2) is 0 Å². The molecule has 0 aliphatic carbocycles. The quantitative estimate of drug-likeness (QED) is 0.909. The van der Waals surface area contributed by atoms with E-state index in [1.54, 1.807) is 0 Å². The average molecular weight is 290 g/mol. The number of amides is 1. The lowest BCUT2D eigenvalue weighted by Crippen LogP contribution is -2.41. The molecule has 0 radical (unpaired) electrons. The van der Waals surface area contributed by atoms with Crippen LogP contribution in [0.1, 0.15) is 35.7 Å². The molecule has 2 fully saturated rings. The van der Waals surface area contributed by atoms with Crippen LogP contribution >= 0.6 is 11.8 Å². The van der Waals surface area contributed by atoms with E-state index in [0.717, 1.165) is 12.8 Å². The molecule has 2 aliphatic rings. The number of hydrogen-bond acceptors (Lipinski definition) is 3. The van der Waals surface area contributed by atoms with E-state index in [0.29, 0.717) is 12.6 Å². The monoisotopic (exact) mass is 290 g/mol. The number of carbonyl (C=O) groups excluding carboxylic acids is 1. The summed E-state index contributed by atoms with van der Waals surface area (Å²) in [5, 5.41) is 3.40. The van der Waals surface area contributed by atoms with E-state index in [1.807, 2.05) is 11.8 Å². The molecule has 0 saturated carbocycles. The molecule has 1 unspecified atom stereocenters. The smallest absolute Gasteiger partial charge is 0.238 e. The molecule has 108 valence electrons. The van der Waals surface area contributed by atoms with Gasteiger partial charge in [-0.3, -0.25) is 10.1 Å². The first-order valence-electron chi connectivity index (χ1n) is 7.36. The molecule has 1 N–H and O–H groups in total. The van der Waals surface area contributed by atoms with Crippen molar-refractivity contribution in [2.75, 3.05) is 18.1 Å². The lowest BCUT2D eigenvalue weighted by molar-refractivity contribution is -0.130. The molecule has 2 heterocycles. The summed E-state index contributed by atoms with van der Waals surface area (Å²) in [6, 6.07) is 6.92. The van der Waals surface area contributed by atoms with Crippen LogP contribution in [0.25, 0.3) is 0 Å². The van der Waals surface area contributed by atoms with Crippen molar-refractivity contribution in [3.63, 3.8) is 0 Å². The topological polar surface area (TPSA) is 32.3 Å². The van der Waals surface area contributed by atoms with Gasteiger partial charge in [0.25, 0.3) is 0 Å². The average Bonchev–Trinajstić information content (AvgIpc) is 2.81. The van der Waals surface area contributed by atoms with E-state index in [-0.39, 0.29) is 12.1 Å². The van der Waals surface area contributed by atoms with E-state index in [1.165, 1.54) is 28.2 Å². The highest BCUT2D eigenvalue weighted by Crippen LogP contribution is 2.32. The summed E-state index contributed by atoms with van der Waals surface area (Å²) in [6.45, 7) is 4.73. The lowest BCUT2D eigenvalue weighted by Gasteiger charge is -2.35. The summed E-state index contributed by atoms with van der Waals surface area (Å²) in [5.74, 6) is 2.61. The minimum atomic E-state index is 0.0659. The molecule has 2 aliphatic heterocycles. The number of hydrogen-bond donors (Lipinski definition) is 1. The van der Waals surface area contributed by atoms with Crippen molar-refractivity contribution in [1.82, 2.24) is 10.2 Å². The highest BCUT2D eigenvalue weighted by molar-refractivity contribution is 7.99. The van der Waals surface area contributed by atoms with Gasteiger partial charge in [-0.25, -0.2) is 0 Å². The predicted octanol–water partition coefficient (Wildman–Crippen LogP) is 2.63. The van der Waals surface area contributed by atoms with Crippen LogP contribution in [0.5, 0.6) is 0 Å². The fraction of sp³-hybridized carbons (Fsp3) is 0.562. The van der Waals surface area contributed by atoms with Crippen LogP contribution in [0.3, 0.4) is 0 Å². The van der Waals surface area contributed by atoms with E-state index in [9.17, 15) is 4.79 Å². The molecule has 20 heavy (non-hydrogen) atoms.